The number of carbonyl (C=O) groups excluding carboxylic acids is 1. The summed E-state index contributed by atoms with van der Waals surface area (Å²) in [6.45, 7) is 0.968. The van der Waals surface area contributed by atoms with E-state index in [2.05, 4.69) is 16.4 Å². The second kappa shape index (κ2) is 8.64. The van der Waals surface area contributed by atoms with Crippen LogP contribution in [0.1, 0.15) is 20.9 Å². The van der Waals surface area contributed by atoms with Crippen molar-refractivity contribution in [1.82, 2.24) is 10.3 Å². The van der Waals surface area contributed by atoms with E-state index >= 15 is 0 Å². The van der Waals surface area contributed by atoms with Crippen LogP contribution in [-0.2, 0) is 13.0 Å². The second-order valence-electron chi connectivity index (χ2n) is 5.22. The first-order chi connectivity index (χ1) is 12.3. The van der Waals surface area contributed by atoms with Gasteiger partial charge in [0.2, 0.25) is 0 Å². The quantitative estimate of drug-likeness (QED) is 0.652. The molecule has 0 saturated heterocycles. The lowest BCUT2D eigenvalue weighted by Crippen LogP contribution is -2.25. The first-order valence-corrected chi connectivity index (χ1v) is 9.57. The molecular weight excluding hydrogens is 356 g/mol. The molecule has 0 spiro atoms. The van der Waals surface area contributed by atoms with E-state index in [0.717, 1.165) is 12.1 Å². The molecule has 0 aliphatic rings. The zero-order chi connectivity index (χ0) is 17.5. The van der Waals surface area contributed by atoms with E-state index in [1.54, 1.807) is 42.2 Å². The van der Waals surface area contributed by atoms with Gasteiger partial charge in [0.25, 0.3) is 5.91 Å². The Hall–Kier alpha value is -2.38. The molecular formula is C18H18N2O3S2. The predicted molar refractivity (Wildman–Crippen MR) is 99.8 cm³/mol. The summed E-state index contributed by atoms with van der Waals surface area (Å²) in [5, 5.41) is 6.89. The van der Waals surface area contributed by atoms with Gasteiger partial charge in [-0.05, 0) is 36.1 Å². The Balaban J connectivity index is 1.58. The van der Waals surface area contributed by atoms with Crippen LogP contribution in [0.15, 0.2) is 46.6 Å². The Morgan fingerprint density at radius 1 is 1.28 bits per heavy atom. The molecule has 0 unspecified atom stereocenters. The predicted octanol–water partition coefficient (Wildman–Crippen LogP) is 3.76. The maximum absolute atomic E-state index is 12.3. The molecule has 0 aliphatic heterocycles. The lowest BCUT2D eigenvalue weighted by Gasteiger charge is -2.11. The van der Waals surface area contributed by atoms with Crippen LogP contribution in [0.4, 0.5) is 0 Å². The minimum atomic E-state index is -0.124. The first-order valence-electron chi connectivity index (χ1n) is 7.75. The normalized spacial score (nSPS) is 10.4. The van der Waals surface area contributed by atoms with Crippen LogP contribution in [0, 0.1) is 0 Å². The zero-order valence-corrected chi connectivity index (χ0v) is 15.4. The van der Waals surface area contributed by atoms with Crippen LogP contribution in [0.3, 0.4) is 0 Å². The molecule has 5 nitrogen and oxygen atoms in total. The number of hydrogen-bond donors (Lipinski definition) is 1. The van der Waals surface area contributed by atoms with E-state index in [1.165, 1.54) is 16.2 Å². The van der Waals surface area contributed by atoms with Crippen LogP contribution in [0.2, 0.25) is 0 Å². The monoisotopic (exact) mass is 374 g/mol. The van der Waals surface area contributed by atoms with Gasteiger partial charge in [-0.1, -0.05) is 6.07 Å². The number of aromatic nitrogens is 1. The summed E-state index contributed by atoms with van der Waals surface area (Å²) in [4.78, 5) is 17.7. The summed E-state index contributed by atoms with van der Waals surface area (Å²) >= 11 is 3.21. The zero-order valence-electron chi connectivity index (χ0n) is 13.7. The molecule has 130 valence electrons. The lowest BCUT2D eigenvalue weighted by atomic mass is 10.2. The van der Waals surface area contributed by atoms with Crippen molar-refractivity contribution in [2.45, 2.75) is 13.0 Å². The van der Waals surface area contributed by atoms with Crippen LogP contribution in [0.25, 0.3) is 0 Å². The highest BCUT2D eigenvalue weighted by Crippen LogP contribution is 2.28. The molecule has 2 aromatic heterocycles. The van der Waals surface area contributed by atoms with Crippen molar-refractivity contribution in [3.63, 3.8) is 0 Å². The van der Waals surface area contributed by atoms with Gasteiger partial charge in [0.15, 0.2) is 11.5 Å². The fourth-order valence-electron chi connectivity index (χ4n) is 2.24. The molecule has 0 aliphatic carbocycles. The Morgan fingerprint density at radius 3 is 2.92 bits per heavy atom. The average Bonchev–Trinajstić information content (AvgIpc) is 3.33. The number of nitrogens with zero attached hydrogens (tertiary/aromatic N) is 1. The maximum Gasteiger partial charge on any atom is 0.251 e. The average molecular weight is 374 g/mol. The van der Waals surface area contributed by atoms with E-state index in [-0.39, 0.29) is 5.91 Å². The molecule has 1 aromatic carbocycles. The van der Waals surface area contributed by atoms with E-state index < -0.39 is 0 Å². The Bertz CT molecular complexity index is 802. The lowest BCUT2D eigenvalue weighted by molar-refractivity contribution is 0.0953. The van der Waals surface area contributed by atoms with Crippen molar-refractivity contribution in [3.05, 3.63) is 62.7 Å². The Morgan fingerprint density at radius 2 is 2.20 bits per heavy atom. The van der Waals surface area contributed by atoms with Crippen molar-refractivity contribution in [1.29, 1.82) is 0 Å². The van der Waals surface area contributed by atoms with Gasteiger partial charge in [0, 0.05) is 22.4 Å². The number of thiophene rings is 1. The van der Waals surface area contributed by atoms with Crippen LogP contribution in [-0.4, -0.2) is 24.5 Å². The molecule has 7 heteroatoms. The topological polar surface area (TPSA) is 60.5 Å². The number of methoxy groups -OCH3 is 1. The molecule has 2 heterocycles. The van der Waals surface area contributed by atoms with E-state index in [0.29, 0.717) is 30.2 Å². The van der Waals surface area contributed by atoms with Crippen molar-refractivity contribution in [2.75, 3.05) is 13.7 Å². The highest BCUT2D eigenvalue weighted by molar-refractivity contribution is 7.09. The van der Waals surface area contributed by atoms with Crippen molar-refractivity contribution in [3.8, 4) is 11.5 Å². The van der Waals surface area contributed by atoms with Gasteiger partial charge in [-0.25, -0.2) is 4.98 Å². The number of thiazole rings is 1. The van der Waals surface area contributed by atoms with Crippen LogP contribution in [0.5, 0.6) is 11.5 Å². The summed E-state index contributed by atoms with van der Waals surface area (Å²) < 4.78 is 11.1. The maximum atomic E-state index is 12.3. The van der Waals surface area contributed by atoms with Crippen molar-refractivity contribution >= 4 is 28.6 Å². The Labute approximate surface area is 154 Å². The van der Waals surface area contributed by atoms with Gasteiger partial charge in [0.1, 0.15) is 6.61 Å². The fourth-order valence-corrected chi connectivity index (χ4v) is 3.50. The van der Waals surface area contributed by atoms with Gasteiger partial charge in [-0.3, -0.25) is 4.79 Å². The molecule has 0 bridgehead atoms. The highest BCUT2D eigenvalue weighted by Gasteiger charge is 2.11. The molecule has 0 atom stereocenters. The molecule has 3 aromatic rings. The third-order valence-electron chi connectivity index (χ3n) is 3.52. The third kappa shape index (κ3) is 4.80. The number of benzene rings is 1. The smallest absolute Gasteiger partial charge is 0.251 e. The molecule has 0 saturated carbocycles. The number of nitrogens with one attached hydrogen (secondary N) is 1. The number of ether oxygens (including phenoxy) is 2. The summed E-state index contributed by atoms with van der Waals surface area (Å²) in [7, 11) is 1.56. The summed E-state index contributed by atoms with van der Waals surface area (Å²) in [6, 6.07) is 9.25. The van der Waals surface area contributed by atoms with E-state index in [1.807, 2.05) is 16.8 Å². The van der Waals surface area contributed by atoms with E-state index in [9.17, 15) is 4.79 Å². The van der Waals surface area contributed by atoms with Gasteiger partial charge in [-0.15, -0.1) is 22.7 Å². The summed E-state index contributed by atoms with van der Waals surface area (Å²) in [6.07, 6.45) is 0.829. The van der Waals surface area contributed by atoms with Crippen molar-refractivity contribution in [2.24, 2.45) is 0 Å². The number of carbonyl (C=O) groups is 1. The second-order valence-corrected chi connectivity index (χ2v) is 6.97. The first kappa shape index (κ1) is 17.4. The highest BCUT2D eigenvalue weighted by atomic mass is 32.1. The summed E-state index contributed by atoms with van der Waals surface area (Å²) in [5.41, 5.74) is 3.17. The summed E-state index contributed by atoms with van der Waals surface area (Å²) in [5.74, 6) is 0.993. The SMILES string of the molecule is COc1cc(C(=O)NCCc2cccs2)ccc1OCc1cscn1. The van der Waals surface area contributed by atoms with Crippen LogP contribution >= 0.6 is 22.7 Å². The molecule has 25 heavy (non-hydrogen) atoms. The fraction of sp³-hybridized carbons (Fsp3) is 0.222. The molecule has 0 radical (unpaired) electrons. The number of rotatable bonds is 8. The van der Waals surface area contributed by atoms with E-state index in [4.69, 9.17) is 9.47 Å². The van der Waals surface area contributed by atoms with Gasteiger partial charge < -0.3 is 14.8 Å². The number of hydrogen-bond acceptors (Lipinski definition) is 6. The van der Waals surface area contributed by atoms with Gasteiger partial charge >= 0.3 is 0 Å². The van der Waals surface area contributed by atoms with Gasteiger partial charge in [-0.2, -0.15) is 0 Å². The molecule has 1 amide bonds. The van der Waals surface area contributed by atoms with Gasteiger partial charge in [0.05, 0.1) is 18.3 Å². The van der Waals surface area contributed by atoms with Crippen LogP contribution < -0.4 is 14.8 Å². The molecule has 1 N–H and O–H groups in total. The Kier molecular flexibility index (Phi) is 6.03. The minimum absolute atomic E-state index is 0.124. The third-order valence-corrected chi connectivity index (χ3v) is 5.09. The largest absolute Gasteiger partial charge is 0.493 e. The molecule has 3 rings (SSSR count). The number of amides is 1. The standard InChI is InChI=1S/C18H18N2O3S2/c1-22-17-9-13(18(21)19-7-6-15-3-2-8-25-15)4-5-16(17)23-10-14-11-24-12-20-14/h2-5,8-9,11-12H,6-7,10H2,1H3,(H,19,21). The van der Waals surface area contributed by atoms with Crippen molar-refractivity contribution < 1.29 is 14.3 Å². The minimum Gasteiger partial charge on any atom is -0.493 e. The molecule has 0 fully saturated rings.